The summed E-state index contributed by atoms with van der Waals surface area (Å²) in [5, 5.41) is 4.18. The van der Waals surface area contributed by atoms with E-state index in [1.54, 1.807) is 0 Å². The summed E-state index contributed by atoms with van der Waals surface area (Å²) in [6.45, 7) is 2.26. The van der Waals surface area contributed by atoms with Crippen LogP contribution in [0, 0.1) is 0 Å². The largest absolute Gasteiger partial charge is 0.316 e. The van der Waals surface area contributed by atoms with E-state index in [9.17, 15) is 0 Å². The average molecular weight is 182 g/mol. The predicted octanol–water partition coefficient (Wildman–Crippen LogP) is 2.42. The summed E-state index contributed by atoms with van der Waals surface area (Å²) in [6, 6.07) is 8.18. The highest BCUT2D eigenvalue weighted by Gasteiger charge is 2.15. The van der Waals surface area contributed by atoms with Gasteiger partial charge in [-0.25, -0.2) is 0 Å². The van der Waals surface area contributed by atoms with Crippen LogP contribution >= 0.6 is 11.6 Å². The normalized spacial score (nSPS) is 22.9. The Balaban J connectivity index is 2.17. The molecule has 0 unspecified atom stereocenters. The highest BCUT2D eigenvalue weighted by Crippen LogP contribution is 2.23. The summed E-state index contributed by atoms with van der Waals surface area (Å²) in [5.41, 5.74) is 1.41. The van der Waals surface area contributed by atoms with E-state index in [0.29, 0.717) is 5.92 Å². The molecule has 1 saturated heterocycles. The van der Waals surface area contributed by atoms with Crippen LogP contribution in [0.5, 0.6) is 0 Å². The summed E-state index contributed by atoms with van der Waals surface area (Å²) in [6.07, 6.45) is 1.25. The van der Waals surface area contributed by atoms with Crippen LogP contribution in [0.3, 0.4) is 0 Å². The highest BCUT2D eigenvalue weighted by atomic mass is 35.5. The van der Waals surface area contributed by atoms with E-state index in [2.05, 4.69) is 17.4 Å². The Morgan fingerprint density at radius 1 is 1.25 bits per heavy atom. The summed E-state index contributed by atoms with van der Waals surface area (Å²) in [5.74, 6) is 0.697. The fourth-order valence-corrected chi connectivity index (χ4v) is 1.80. The van der Waals surface area contributed by atoms with E-state index < -0.39 is 0 Å². The summed E-state index contributed by atoms with van der Waals surface area (Å²) in [4.78, 5) is 0. The van der Waals surface area contributed by atoms with Gasteiger partial charge in [0.25, 0.3) is 0 Å². The third-order valence-corrected chi connectivity index (χ3v) is 2.65. The number of hydrogen-bond donors (Lipinski definition) is 1. The first-order valence-electron chi connectivity index (χ1n) is 4.32. The maximum absolute atomic E-state index is 5.80. The van der Waals surface area contributed by atoms with Crippen molar-refractivity contribution in [1.29, 1.82) is 0 Å². The molecule has 0 bridgehead atoms. The molecule has 1 atom stereocenters. The Morgan fingerprint density at radius 2 is 2.00 bits per heavy atom. The molecule has 1 aromatic carbocycles. The van der Waals surface area contributed by atoms with Gasteiger partial charge in [-0.05, 0) is 36.6 Å². The molecule has 1 nitrogen and oxygen atoms in total. The molecule has 0 saturated carbocycles. The van der Waals surface area contributed by atoms with E-state index in [1.807, 2.05) is 12.1 Å². The summed E-state index contributed by atoms with van der Waals surface area (Å²) < 4.78 is 0. The van der Waals surface area contributed by atoms with E-state index in [0.717, 1.165) is 18.1 Å². The maximum atomic E-state index is 5.80. The van der Waals surface area contributed by atoms with E-state index >= 15 is 0 Å². The zero-order chi connectivity index (χ0) is 8.39. The van der Waals surface area contributed by atoms with Gasteiger partial charge in [-0.2, -0.15) is 0 Å². The number of halogens is 1. The van der Waals surface area contributed by atoms with E-state index in [-0.39, 0.29) is 0 Å². The van der Waals surface area contributed by atoms with Crippen LogP contribution in [0.1, 0.15) is 17.9 Å². The fourth-order valence-electron chi connectivity index (χ4n) is 1.67. The minimum absolute atomic E-state index is 0.697. The van der Waals surface area contributed by atoms with Gasteiger partial charge in [0.15, 0.2) is 0 Å². The van der Waals surface area contributed by atoms with Crippen LogP contribution < -0.4 is 5.32 Å². The number of hydrogen-bond acceptors (Lipinski definition) is 1. The van der Waals surface area contributed by atoms with Crippen LogP contribution in [0.15, 0.2) is 24.3 Å². The number of nitrogens with one attached hydrogen (secondary N) is 1. The molecule has 2 rings (SSSR count). The molecule has 0 amide bonds. The first-order chi connectivity index (χ1) is 5.86. The van der Waals surface area contributed by atoms with Crippen LogP contribution in [0.4, 0.5) is 0 Å². The Bertz CT molecular complexity index is 249. The number of benzene rings is 1. The van der Waals surface area contributed by atoms with Crippen molar-refractivity contribution in [2.24, 2.45) is 0 Å². The Hall–Kier alpha value is -0.530. The monoisotopic (exact) mass is 181 g/mol. The first-order valence-corrected chi connectivity index (χ1v) is 4.70. The van der Waals surface area contributed by atoms with Gasteiger partial charge in [-0.15, -0.1) is 0 Å². The molecule has 0 spiro atoms. The lowest BCUT2D eigenvalue weighted by Gasteiger charge is -2.07. The Morgan fingerprint density at radius 3 is 2.58 bits per heavy atom. The quantitative estimate of drug-likeness (QED) is 0.702. The van der Waals surface area contributed by atoms with Gasteiger partial charge in [0, 0.05) is 11.6 Å². The van der Waals surface area contributed by atoms with Gasteiger partial charge in [-0.1, -0.05) is 23.7 Å². The van der Waals surface area contributed by atoms with Crippen molar-refractivity contribution >= 4 is 11.6 Å². The standard InChI is InChI=1S/C10H12ClN/c11-10-3-1-8(2-4-10)9-5-6-12-7-9/h1-4,9,12H,5-7H2/t9-/m0/s1. The van der Waals surface area contributed by atoms with Crippen molar-refractivity contribution in [2.45, 2.75) is 12.3 Å². The molecule has 1 aliphatic rings. The lowest BCUT2D eigenvalue weighted by molar-refractivity contribution is 0.763. The van der Waals surface area contributed by atoms with Crippen molar-refractivity contribution in [3.63, 3.8) is 0 Å². The molecule has 1 aliphatic heterocycles. The van der Waals surface area contributed by atoms with Gasteiger partial charge in [0.05, 0.1) is 0 Å². The van der Waals surface area contributed by atoms with Crippen molar-refractivity contribution < 1.29 is 0 Å². The lowest BCUT2D eigenvalue weighted by Crippen LogP contribution is -2.07. The predicted molar refractivity (Wildman–Crippen MR) is 51.7 cm³/mol. The molecule has 0 aliphatic carbocycles. The molecule has 1 fully saturated rings. The molecular formula is C10H12ClN. The molecule has 12 heavy (non-hydrogen) atoms. The van der Waals surface area contributed by atoms with Crippen molar-refractivity contribution in [3.8, 4) is 0 Å². The van der Waals surface area contributed by atoms with Crippen molar-refractivity contribution in [2.75, 3.05) is 13.1 Å². The summed E-state index contributed by atoms with van der Waals surface area (Å²) >= 11 is 5.80. The Kier molecular flexibility index (Phi) is 2.33. The van der Waals surface area contributed by atoms with Crippen LogP contribution in [0.25, 0.3) is 0 Å². The first kappa shape index (κ1) is 8.09. The lowest BCUT2D eigenvalue weighted by atomic mass is 9.99. The van der Waals surface area contributed by atoms with E-state index in [1.165, 1.54) is 12.0 Å². The second-order valence-electron chi connectivity index (χ2n) is 3.24. The van der Waals surface area contributed by atoms with E-state index in [4.69, 9.17) is 11.6 Å². The fraction of sp³-hybridized carbons (Fsp3) is 0.400. The zero-order valence-electron chi connectivity index (χ0n) is 6.89. The van der Waals surface area contributed by atoms with Gasteiger partial charge < -0.3 is 5.32 Å². The molecule has 64 valence electrons. The van der Waals surface area contributed by atoms with Crippen molar-refractivity contribution in [1.82, 2.24) is 5.32 Å². The Labute approximate surface area is 77.7 Å². The summed E-state index contributed by atoms with van der Waals surface area (Å²) in [7, 11) is 0. The highest BCUT2D eigenvalue weighted by molar-refractivity contribution is 6.30. The van der Waals surface area contributed by atoms with Crippen molar-refractivity contribution in [3.05, 3.63) is 34.9 Å². The molecular weight excluding hydrogens is 170 g/mol. The molecule has 0 aromatic heterocycles. The van der Waals surface area contributed by atoms with Crippen LogP contribution in [-0.4, -0.2) is 13.1 Å². The molecule has 0 radical (unpaired) electrons. The maximum Gasteiger partial charge on any atom is 0.0406 e. The second-order valence-corrected chi connectivity index (χ2v) is 3.68. The van der Waals surface area contributed by atoms with Gasteiger partial charge >= 0.3 is 0 Å². The number of rotatable bonds is 1. The van der Waals surface area contributed by atoms with Gasteiger partial charge in [-0.3, -0.25) is 0 Å². The minimum Gasteiger partial charge on any atom is -0.316 e. The molecule has 1 N–H and O–H groups in total. The minimum atomic E-state index is 0.697. The third kappa shape index (κ3) is 1.62. The smallest absolute Gasteiger partial charge is 0.0406 e. The molecule has 1 heterocycles. The topological polar surface area (TPSA) is 12.0 Å². The molecule has 2 heteroatoms. The van der Waals surface area contributed by atoms with Gasteiger partial charge in [0.2, 0.25) is 0 Å². The molecule has 1 aromatic rings. The average Bonchev–Trinajstić information content (AvgIpc) is 2.58. The SMILES string of the molecule is Clc1ccc([C@H]2CCNC2)cc1. The zero-order valence-corrected chi connectivity index (χ0v) is 7.64. The van der Waals surface area contributed by atoms with Gasteiger partial charge in [0.1, 0.15) is 0 Å². The second kappa shape index (κ2) is 3.46. The third-order valence-electron chi connectivity index (χ3n) is 2.40. The van der Waals surface area contributed by atoms with Crippen LogP contribution in [0.2, 0.25) is 5.02 Å². The van der Waals surface area contributed by atoms with Crippen LogP contribution in [-0.2, 0) is 0 Å².